The Hall–Kier alpha value is -1.45. The Balaban J connectivity index is 2.35. The standard InChI is InChI=1S/C14H15N2S/c1-2-13(15)16-9-17-14-11-6-4-3-5-10(11)7-8-12(14)16/h3-9,13H,2,15H2,1H3/q+1. The Morgan fingerprint density at radius 1 is 1.24 bits per heavy atom. The Bertz CT molecular complexity index is 672. The Morgan fingerprint density at radius 3 is 2.88 bits per heavy atom. The topological polar surface area (TPSA) is 29.9 Å². The highest BCUT2D eigenvalue weighted by molar-refractivity contribution is 7.17. The molecular formula is C14H15N2S+. The van der Waals surface area contributed by atoms with Crippen LogP contribution in [0.15, 0.2) is 41.9 Å². The van der Waals surface area contributed by atoms with Gasteiger partial charge in [-0.1, -0.05) is 42.5 Å². The van der Waals surface area contributed by atoms with Crippen LogP contribution in [0.25, 0.3) is 21.0 Å². The summed E-state index contributed by atoms with van der Waals surface area (Å²) < 4.78 is 3.50. The molecule has 0 saturated carbocycles. The molecule has 0 aliphatic heterocycles. The molecule has 0 aliphatic rings. The molecule has 0 saturated heterocycles. The highest BCUT2D eigenvalue weighted by Gasteiger charge is 2.18. The van der Waals surface area contributed by atoms with Crippen LogP contribution in [0.3, 0.4) is 0 Å². The summed E-state index contributed by atoms with van der Waals surface area (Å²) in [6.45, 7) is 2.11. The monoisotopic (exact) mass is 243 g/mol. The van der Waals surface area contributed by atoms with E-state index in [0.717, 1.165) is 6.42 Å². The Kier molecular flexibility index (Phi) is 2.57. The van der Waals surface area contributed by atoms with Gasteiger partial charge < -0.3 is 0 Å². The quantitative estimate of drug-likeness (QED) is 0.688. The predicted octanol–water partition coefficient (Wildman–Crippen LogP) is 3.21. The van der Waals surface area contributed by atoms with Gasteiger partial charge in [0.1, 0.15) is 4.70 Å². The molecular weight excluding hydrogens is 228 g/mol. The summed E-state index contributed by atoms with van der Waals surface area (Å²) in [6.07, 6.45) is 1.02. The average Bonchev–Trinajstić information content (AvgIpc) is 2.82. The van der Waals surface area contributed by atoms with Gasteiger partial charge in [-0.3, -0.25) is 5.73 Å². The van der Waals surface area contributed by atoms with Gasteiger partial charge in [-0.2, -0.15) is 4.57 Å². The van der Waals surface area contributed by atoms with Crippen molar-refractivity contribution in [2.75, 3.05) is 0 Å². The number of hydrogen-bond acceptors (Lipinski definition) is 2. The minimum atomic E-state index is 0.0740. The number of aromatic nitrogens is 1. The maximum atomic E-state index is 6.12. The van der Waals surface area contributed by atoms with E-state index in [1.807, 2.05) is 0 Å². The molecule has 3 rings (SSSR count). The summed E-state index contributed by atoms with van der Waals surface area (Å²) >= 11 is 1.77. The number of hydrogen-bond donors (Lipinski definition) is 1. The molecule has 3 aromatic rings. The van der Waals surface area contributed by atoms with Gasteiger partial charge in [0.25, 0.3) is 0 Å². The average molecular weight is 243 g/mol. The van der Waals surface area contributed by atoms with E-state index < -0.39 is 0 Å². The first-order valence-electron chi connectivity index (χ1n) is 5.87. The van der Waals surface area contributed by atoms with Crippen molar-refractivity contribution in [1.82, 2.24) is 0 Å². The highest BCUT2D eigenvalue weighted by Crippen LogP contribution is 2.27. The number of rotatable bonds is 2. The summed E-state index contributed by atoms with van der Waals surface area (Å²) in [5.74, 6) is 0. The highest BCUT2D eigenvalue weighted by atomic mass is 32.1. The van der Waals surface area contributed by atoms with Crippen molar-refractivity contribution in [3.63, 3.8) is 0 Å². The fourth-order valence-corrected chi connectivity index (χ4v) is 3.27. The summed E-state index contributed by atoms with van der Waals surface area (Å²) in [7, 11) is 0. The Morgan fingerprint density at radius 2 is 2.06 bits per heavy atom. The number of nitrogens with zero attached hydrogens (tertiary/aromatic N) is 1. The van der Waals surface area contributed by atoms with Crippen molar-refractivity contribution >= 4 is 32.3 Å². The van der Waals surface area contributed by atoms with Crippen molar-refractivity contribution < 1.29 is 4.57 Å². The molecule has 2 N–H and O–H groups in total. The van der Waals surface area contributed by atoms with Crippen LogP contribution >= 0.6 is 11.3 Å². The lowest BCUT2D eigenvalue weighted by Gasteiger charge is -2.02. The fourth-order valence-electron chi connectivity index (χ4n) is 2.18. The van der Waals surface area contributed by atoms with Crippen molar-refractivity contribution in [3.8, 4) is 0 Å². The predicted molar refractivity (Wildman–Crippen MR) is 73.0 cm³/mol. The van der Waals surface area contributed by atoms with E-state index in [1.54, 1.807) is 11.3 Å². The van der Waals surface area contributed by atoms with Crippen molar-refractivity contribution in [2.24, 2.45) is 5.73 Å². The first-order chi connectivity index (χ1) is 8.31. The first-order valence-corrected chi connectivity index (χ1v) is 6.75. The largest absolute Gasteiger partial charge is 0.273 e. The Labute approximate surface area is 104 Å². The summed E-state index contributed by atoms with van der Waals surface area (Å²) in [5, 5.41) is 2.61. The van der Waals surface area contributed by atoms with Gasteiger partial charge in [0.15, 0.2) is 0 Å². The number of nitrogens with two attached hydrogens (primary N) is 1. The lowest BCUT2D eigenvalue weighted by molar-refractivity contribution is -0.694. The summed E-state index contributed by atoms with van der Waals surface area (Å²) in [6, 6.07) is 12.8. The molecule has 1 heterocycles. The molecule has 1 atom stereocenters. The van der Waals surface area contributed by atoms with Gasteiger partial charge >= 0.3 is 0 Å². The second-order valence-electron chi connectivity index (χ2n) is 4.24. The van der Waals surface area contributed by atoms with E-state index in [9.17, 15) is 0 Å². The SMILES string of the molecule is CCC(N)[n+]1csc2c3ccccc3ccc21. The van der Waals surface area contributed by atoms with E-state index in [4.69, 9.17) is 5.73 Å². The van der Waals surface area contributed by atoms with Gasteiger partial charge in [-0.05, 0) is 11.5 Å². The molecule has 0 radical (unpaired) electrons. The minimum Gasteiger partial charge on any atom is -0.273 e. The molecule has 3 heteroatoms. The smallest absolute Gasteiger partial charge is 0.227 e. The molecule has 1 unspecified atom stereocenters. The van der Waals surface area contributed by atoms with E-state index in [0.29, 0.717) is 0 Å². The van der Waals surface area contributed by atoms with Crippen LogP contribution in [0.4, 0.5) is 0 Å². The van der Waals surface area contributed by atoms with Crippen molar-refractivity contribution in [1.29, 1.82) is 0 Å². The van der Waals surface area contributed by atoms with Gasteiger partial charge in [0, 0.05) is 17.9 Å². The molecule has 0 spiro atoms. The molecule has 1 aromatic heterocycles. The number of fused-ring (bicyclic) bond motifs is 3. The van der Waals surface area contributed by atoms with E-state index >= 15 is 0 Å². The van der Waals surface area contributed by atoms with Crippen molar-refractivity contribution in [2.45, 2.75) is 19.5 Å². The maximum absolute atomic E-state index is 6.12. The summed E-state index contributed by atoms with van der Waals surface area (Å²) in [4.78, 5) is 0. The third-order valence-corrected chi connectivity index (χ3v) is 4.19. The molecule has 0 amide bonds. The number of benzene rings is 2. The second kappa shape index (κ2) is 4.09. The second-order valence-corrected chi connectivity index (χ2v) is 5.10. The van der Waals surface area contributed by atoms with Crippen LogP contribution < -0.4 is 10.3 Å². The first kappa shape index (κ1) is 10.7. The van der Waals surface area contributed by atoms with Crippen LogP contribution in [-0.4, -0.2) is 0 Å². The molecule has 0 aliphatic carbocycles. The van der Waals surface area contributed by atoms with Crippen LogP contribution in [0.1, 0.15) is 19.5 Å². The number of thiazole rings is 1. The minimum absolute atomic E-state index is 0.0740. The van der Waals surface area contributed by atoms with Crippen LogP contribution in [0, 0.1) is 0 Å². The van der Waals surface area contributed by atoms with E-state index in [1.165, 1.54) is 21.0 Å². The van der Waals surface area contributed by atoms with Crippen LogP contribution in [-0.2, 0) is 0 Å². The van der Waals surface area contributed by atoms with Crippen molar-refractivity contribution in [3.05, 3.63) is 41.9 Å². The summed E-state index contributed by atoms with van der Waals surface area (Å²) in [5.41, 5.74) is 9.49. The molecule has 2 nitrogen and oxygen atoms in total. The third-order valence-electron chi connectivity index (χ3n) is 3.20. The normalized spacial score (nSPS) is 13.3. The zero-order chi connectivity index (χ0) is 11.8. The lowest BCUT2D eigenvalue weighted by Crippen LogP contribution is -2.42. The van der Waals surface area contributed by atoms with E-state index in [-0.39, 0.29) is 6.17 Å². The maximum Gasteiger partial charge on any atom is 0.227 e. The molecule has 0 fully saturated rings. The van der Waals surface area contributed by atoms with Gasteiger partial charge in [-0.15, -0.1) is 0 Å². The van der Waals surface area contributed by atoms with Crippen LogP contribution in [0.5, 0.6) is 0 Å². The zero-order valence-corrected chi connectivity index (χ0v) is 10.6. The van der Waals surface area contributed by atoms with E-state index in [2.05, 4.69) is 53.4 Å². The molecule has 2 aromatic carbocycles. The molecule has 17 heavy (non-hydrogen) atoms. The zero-order valence-electron chi connectivity index (χ0n) is 9.76. The van der Waals surface area contributed by atoms with Gasteiger partial charge in [0.2, 0.25) is 17.2 Å². The molecule has 0 bridgehead atoms. The molecule has 86 valence electrons. The lowest BCUT2D eigenvalue weighted by atomic mass is 10.1. The van der Waals surface area contributed by atoms with Crippen LogP contribution in [0.2, 0.25) is 0 Å². The third kappa shape index (κ3) is 1.63. The van der Waals surface area contributed by atoms with Gasteiger partial charge in [0.05, 0.1) is 0 Å². The van der Waals surface area contributed by atoms with Gasteiger partial charge in [-0.25, -0.2) is 0 Å². The fraction of sp³-hybridized carbons (Fsp3) is 0.214.